The number of methoxy groups -OCH3 is 3. The Bertz CT molecular complexity index is 643. The highest BCUT2D eigenvalue weighted by atomic mass is 16.5. The number of carbonyl (C=O) groups excluding carboxylic acids is 1. The van der Waals surface area contributed by atoms with E-state index in [0.717, 1.165) is 11.3 Å². The first-order valence-corrected chi connectivity index (χ1v) is 7.28. The van der Waals surface area contributed by atoms with Gasteiger partial charge in [-0.1, -0.05) is 30.3 Å². The molecule has 5 nitrogen and oxygen atoms in total. The van der Waals surface area contributed by atoms with Gasteiger partial charge in [0.1, 0.15) is 11.5 Å². The van der Waals surface area contributed by atoms with E-state index in [1.54, 1.807) is 20.3 Å². The van der Waals surface area contributed by atoms with E-state index in [0.29, 0.717) is 11.5 Å². The second-order valence-corrected chi connectivity index (χ2v) is 4.95. The summed E-state index contributed by atoms with van der Waals surface area (Å²) in [6, 6.07) is 15.0. The fraction of sp³-hybridized carbons (Fsp3) is 0.278. The third kappa shape index (κ3) is 4.39. The Kier molecular flexibility index (Phi) is 5.86. The Balaban J connectivity index is 2.28. The molecule has 0 aliphatic carbocycles. The van der Waals surface area contributed by atoms with Gasteiger partial charge in [0.2, 0.25) is 0 Å². The topological polar surface area (TPSA) is 56.8 Å². The number of benzene rings is 2. The molecule has 1 N–H and O–H groups in total. The molecule has 0 saturated carbocycles. The summed E-state index contributed by atoms with van der Waals surface area (Å²) < 4.78 is 15.4. The number of hydrogen-bond donors (Lipinski definition) is 1. The fourth-order valence-electron chi connectivity index (χ4n) is 2.29. The highest BCUT2D eigenvalue weighted by molar-refractivity contribution is 5.71. The third-order valence-corrected chi connectivity index (χ3v) is 3.54. The minimum Gasteiger partial charge on any atom is -0.497 e. The summed E-state index contributed by atoms with van der Waals surface area (Å²) in [4.78, 5) is 11.7. The molecular formula is C18H21NO4. The van der Waals surface area contributed by atoms with Crippen molar-refractivity contribution >= 4 is 11.7 Å². The van der Waals surface area contributed by atoms with Crippen molar-refractivity contribution in [2.75, 3.05) is 26.6 Å². The van der Waals surface area contributed by atoms with Crippen LogP contribution in [0.4, 0.5) is 5.69 Å². The molecule has 0 saturated heterocycles. The Hall–Kier alpha value is -2.69. The summed E-state index contributed by atoms with van der Waals surface area (Å²) in [7, 11) is 4.59. The van der Waals surface area contributed by atoms with Crippen molar-refractivity contribution in [3.05, 3.63) is 54.1 Å². The Morgan fingerprint density at radius 2 is 1.78 bits per heavy atom. The SMILES string of the molecule is COC(=O)CC(Nc1ccc(OC)cc1OC)c1ccccc1. The molecule has 0 aliphatic heterocycles. The summed E-state index contributed by atoms with van der Waals surface area (Å²) in [5, 5.41) is 3.35. The summed E-state index contributed by atoms with van der Waals surface area (Å²) >= 11 is 0. The molecule has 0 bridgehead atoms. The van der Waals surface area contributed by atoms with Crippen LogP contribution in [-0.4, -0.2) is 27.3 Å². The molecule has 0 heterocycles. The van der Waals surface area contributed by atoms with Gasteiger partial charge < -0.3 is 19.5 Å². The Labute approximate surface area is 136 Å². The second-order valence-electron chi connectivity index (χ2n) is 4.95. The van der Waals surface area contributed by atoms with Crippen LogP contribution >= 0.6 is 0 Å². The normalized spacial score (nSPS) is 11.4. The van der Waals surface area contributed by atoms with Gasteiger partial charge in [0.15, 0.2) is 0 Å². The molecule has 0 radical (unpaired) electrons. The minimum absolute atomic E-state index is 0.217. The van der Waals surface area contributed by atoms with E-state index in [2.05, 4.69) is 5.32 Å². The van der Waals surface area contributed by atoms with E-state index >= 15 is 0 Å². The molecule has 1 atom stereocenters. The molecule has 1 unspecified atom stereocenters. The first-order valence-electron chi connectivity index (χ1n) is 7.28. The quantitative estimate of drug-likeness (QED) is 0.793. The van der Waals surface area contributed by atoms with Crippen LogP contribution in [0.2, 0.25) is 0 Å². The maximum absolute atomic E-state index is 11.7. The second kappa shape index (κ2) is 8.08. The van der Waals surface area contributed by atoms with E-state index in [-0.39, 0.29) is 18.4 Å². The summed E-state index contributed by atoms with van der Waals surface area (Å²) in [6.07, 6.45) is 0.218. The molecule has 0 spiro atoms. The van der Waals surface area contributed by atoms with E-state index < -0.39 is 0 Å². The van der Waals surface area contributed by atoms with Gasteiger partial charge in [-0.3, -0.25) is 4.79 Å². The predicted octanol–water partition coefficient (Wildman–Crippen LogP) is 3.42. The highest BCUT2D eigenvalue weighted by Crippen LogP contribution is 2.33. The summed E-state index contributed by atoms with van der Waals surface area (Å²) in [6.45, 7) is 0. The monoisotopic (exact) mass is 315 g/mol. The predicted molar refractivity (Wildman–Crippen MR) is 89.0 cm³/mol. The van der Waals surface area contributed by atoms with Gasteiger partial charge in [-0.15, -0.1) is 0 Å². The van der Waals surface area contributed by atoms with Crippen LogP contribution in [0.1, 0.15) is 18.0 Å². The van der Waals surface area contributed by atoms with E-state index in [4.69, 9.17) is 14.2 Å². The molecule has 0 fully saturated rings. The molecule has 0 aliphatic rings. The molecule has 0 aromatic heterocycles. The zero-order valence-corrected chi connectivity index (χ0v) is 13.5. The molecule has 122 valence electrons. The lowest BCUT2D eigenvalue weighted by atomic mass is 10.0. The van der Waals surface area contributed by atoms with Gasteiger partial charge >= 0.3 is 5.97 Å². The average molecular weight is 315 g/mol. The first-order chi connectivity index (χ1) is 11.2. The number of rotatable bonds is 7. The van der Waals surface area contributed by atoms with Crippen LogP contribution in [0.5, 0.6) is 11.5 Å². The maximum atomic E-state index is 11.7. The average Bonchev–Trinajstić information content (AvgIpc) is 2.61. The summed E-state index contributed by atoms with van der Waals surface area (Å²) in [5.41, 5.74) is 1.78. The van der Waals surface area contributed by atoms with Crippen LogP contribution in [0.15, 0.2) is 48.5 Å². The van der Waals surface area contributed by atoms with Crippen molar-refractivity contribution in [2.24, 2.45) is 0 Å². The number of anilines is 1. The number of esters is 1. The van der Waals surface area contributed by atoms with Crippen molar-refractivity contribution < 1.29 is 19.0 Å². The number of carbonyl (C=O) groups is 1. The molecule has 2 aromatic carbocycles. The van der Waals surface area contributed by atoms with Crippen molar-refractivity contribution in [3.8, 4) is 11.5 Å². The van der Waals surface area contributed by atoms with Gasteiger partial charge in [0, 0.05) is 6.07 Å². The molecule has 2 aromatic rings. The van der Waals surface area contributed by atoms with Crippen molar-refractivity contribution in [2.45, 2.75) is 12.5 Å². The van der Waals surface area contributed by atoms with Crippen molar-refractivity contribution in [1.29, 1.82) is 0 Å². The van der Waals surface area contributed by atoms with Crippen LogP contribution in [0, 0.1) is 0 Å². The van der Waals surface area contributed by atoms with Crippen molar-refractivity contribution in [3.63, 3.8) is 0 Å². The Morgan fingerprint density at radius 1 is 1.04 bits per heavy atom. The number of ether oxygens (including phenoxy) is 3. The van der Waals surface area contributed by atoms with Crippen LogP contribution in [-0.2, 0) is 9.53 Å². The molecule has 5 heteroatoms. The lowest BCUT2D eigenvalue weighted by Gasteiger charge is -2.21. The maximum Gasteiger partial charge on any atom is 0.307 e. The van der Waals surface area contributed by atoms with Gasteiger partial charge in [0.25, 0.3) is 0 Å². The number of hydrogen-bond acceptors (Lipinski definition) is 5. The molecular weight excluding hydrogens is 294 g/mol. The van der Waals surface area contributed by atoms with Gasteiger partial charge in [-0.2, -0.15) is 0 Å². The molecule has 0 amide bonds. The molecule has 23 heavy (non-hydrogen) atoms. The van der Waals surface area contributed by atoms with E-state index in [1.165, 1.54) is 7.11 Å². The largest absolute Gasteiger partial charge is 0.497 e. The lowest BCUT2D eigenvalue weighted by Crippen LogP contribution is -2.16. The highest BCUT2D eigenvalue weighted by Gasteiger charge is 2.18. The van der Waals surface area contributed by atoms with Gasteiger partial charge in [-0.05, 0) is 17.7 Å². The van der Waals surface area contributed by atoms with E-state index in [9.17, 15) is 4.79 Å². The van der Waals surface area contributed by atoms with E-state index in [1.807, 2.05) is 42.5 Å². The third-order valence-electron chi connectivity index (χ3n) is 3.54. The molecule has 2 rings (SSSR count). The summed E-state index contributed by atoms with van der Waals surface area (Å²) in [5.74, 6) is 1.07. The standard InChI is InChI=1S/C18H21NO4/c1-21-14-9-10-15(17(11-14)22-2)19-16(12-18(20)23-3)13-7-5-4-6-8-13/h4-11,16,19H,12H2,1-3H3. The smallest absolute Gasteiger partial charge is 0.307 e. The fourth-order valence-corrected chi connectivity index (χ4v) is 2.29. The first kappa shape index (κ1) is 16.7. The van der Waals surface area contributed by atoms with Gasteiger partial charge in [0.05, 0.1) is 39.5 Å². The lowest BCUT2D eigenvalue weighted by molar-refractivity contribution is -0.140. The minimum atomic E-state index is -0.279. The van der Waals surface area contributed by atoms with Crippen LogP contribution in [0.3, 0.4) is 0 Å². The van der Waals surface area contributed by atoms with Crippen LogP contribution < -0.4 is 14.8 Å². The van der Waals surface area contributed by atoms with Gasteiger partial charge in [-0.25, -0.2) is 0 Å². The zero-order valence-electron chi connectivity index (χ0n) is 13.5. The van der Waals surface area contributed by atoms with Crippen molar-refractivity contribution in [1.82, 2.24) is 0 Å². The zero-order chi connectivity index (χ0) is 16.7. The van der Waals surface area contributed by atoms with Crippen LogP contribution in [0.25, 0.3) is 0 Å². The number of nitrogens with one attached hydrogen (secondary N) is 1. The Morgan fingerprint density at radius 3 is 2.39 bits per heavy atom.